The Hall–Kier alpha value is -1.34. The molecule has 0 aliphatic rings. The van der Waals surface area contributed by atoms with Crippen molar-refractivity contribution in [1.82, 2.24) is 5.32 Å². The van der Waals surface area contributed by atoms with Crippen molar-refractivity contribution in [2.75, 3.05) is 6.54 Å². The minimum Gasteiger partial charge on any atom is -0.309 e. The first-order chi connectivity index (χ1) is 8.74. The van der Waals surface area contributed by atoms with Crippen LogP contribution in [-0.2, 0) is 6.54 Å². The van der Waals surface area contributed by atoms with E-state index >= 15 is 0 Å². The molecule has 1 N–H and O–H groups in total. The van der Waals surface area contributed by atoms with Crippen molar-refractivity contribution < 1.29 is 0 Å². The largest absolute Gasteiger partial charge is 0.309 e. The maximum atomic E-state index is 3.38. The van der Waals surface area contributed by atoms with Gasteiger partial charge in [-0.15, -0.1) is 6.58 Å². The number of allylic oxidation sites excluding steroid dienone is 2. The van der Waals surface area contributed by atoms with Gasteiger partial charge in [0, 0.05) is 13.1 Å². The molecule has 1 nitrogen and oxygen atoms in total. The molecular formula is C18H33N. The van der Waals surface area contributed by atoms with Gasteiger partial charge in [-0.25, -0.2) is 0 Å². The molecule has 0 spiro atoms. The number of benzene rings is 1. The van der Waals surface area contributed by atoms with E-state index in [1.807, 2.05) is 26.8 Å². The van der Waals surface area contributed by atoms with Gasteiger partial charge >= 0.3 is 0 Å². The Balaban J connectivity index is -0.000000376. The zero-order valence-electron chi connectivity index (χ0n) is 12.7. The Bertz CT molecular complexity index is 299. The van der Waals surface area contributed by atoms with E-state index in [0.717, 1.165) is 13.1 Å². The lowest BCUT2D eigenvalue weighted by molar-refractivity contribution is 0.739. The standard InChI is InChI=1S/C12H17N.C3H6.C2H6.CH4/c1-3-11(2)9-13-10-12-7-5-4-6-8-12;1-3-2;1-2;/h3-8,13H,9-10H2,1-2H3;3H,1H2,2H3;1-2H3;1H4/b11-3+;;;. The highest BCUT2D eigenvalue weighted by Gasteiger charge is 1.90. The summed E-state index contributed by atoms with van der Waals surface area (Å²) in [7, 11) is 0. The van der Waals surface area contributed by atoms with Gasteiger partial charge in [0.15, 0.2) is 0 Å². The van der Waals surface area contributed by atoms with E-state index < -0.39 is 0 Å². The van der Waals surface area contributed by atoms with Gasteiger partial charge in [0.25, 0.3) is 0 Å². The topological polar surface area (TPSA) is 12.0 Å². The quantitative estimate of drug-likeness (QED) is 0.697. The van der Waals surface area contributed by atoms with E-state index in [-0.39, 0.29) is 7.43 Å². The van der Waals surface area contributed by atoms with Crippen molar-refractivity contribution in [3.63, 3.8) is 0 Å². The molecule has 0 aliphatic heterocycles. The van der Waals surface area contributed by atoms with E-state index in [4.69, 9.17) is 0 Å². The molecule has 0 saturated carbocycles. The van der Waals surface area contributed by atoms with Gasteiger partial charge in [-0.3, -0.25) is 0 Å². The fraction of sp³-hybridized carbons (Fsp3) is 0.444. The predicted octanol–water partition coefficient (Wildman–Crippen LogP) is 5.60. The Morgan fingerprint density at radius 2 is 1.63 bits per heavy atom. The molecule has 0 atom stereocenters. The first-order valence-corrected chi connectivity index (χ1v) is 6.68. The molecular weight excluding hydrogens is 230 g/mol. The fourth-order valence-electron chi connectivity index (χ4n) is 1.10. The van der Waals surface area contributed by atoms with Crippen LogP contribution in [0.5, 0.6) is 0 Å². The van der Waals surface area contributed by atoms with Gasteiger partial charge in [-0.2, -0.15) is 0 Å². The average molecular weight is 263 g/mol. The van der Waals surface area contributed by atoms with E-state index in [9.17, 15) is 0 Å². The summed E-state index contributed by atoms with van der Waals surface area (Å²) < 4.78 is 0. The molecule has 0 bridgehead atoms. The maximum Gasteiger partial charge on any atom is 0.0208 e. The van der Waals surface area contributed by atoms with Gasteiger partial charge in [0.1, 0.15) is 0 Å². The van der Waals surface area contributed by atoms with Crippen LogP contribution in [0.15, 0.2) is 54.6 Å². The van der Waals surface area contributed by atoms with Crippen LogP contribution in [0.1, 0.15) is 47.6 Å². The minimum atomic E-state index is 0. The van der Waals surface area contributed by atoms with Gasteiger partial charge < -0.3 is 5.32 Å². The first-order valence-electron chi connectivity index (χ1n) is 6.68. The highest BCUT2D eigenvalue weighted by atomic mass is 14.8. The van der Waals surface area contributed by atoms with E-state index in [1.165, 1.54) is 11.1 Å². The summed E-state index contributed by atoms with van der Waals surface area (Å²) in [6, 6.07) is 10.5. The van der Waals surface area contributed by atoms with Crippen LogP contribution in [0.25, 0.3) is 0 Å². The number of hydrogen-bond acceptors (Lipinski definition) is 1. The second-order valence-corrected chi connectivity index (χ2v) is 3.63. The number of nitrogens with one attached hydrogen (secondary N) is 1. The van der Waals surface area contributed by atoms with Crippen molar-refractivity contribution in [2.24, 2.45) is 0 Å². The zero-order chi connectivity index (χ0) is 14.2. The maximum absolute atomic E-state index is 3.38. The van der Waals surface area contributed by atoms with E-state index in [2.05, 4.69) is 56.1 Å². The monoisotopic (exact) mass is 263 g/mol. The summed E-state index contributed by atoms with van der Waals surface area (Å²) in [6.07, 6.45) is 3.89. The predicted molar refractivity (Wildman–Crippen MR) is 91.5 cm³/mol. The van der Waals surface area contributed by atoms with Crippen molar-refractivity contribution >= 4 is 0 Å². The van der Waals surface area contributed by atoms with Crippen molar-refractivity contribution in [3.8, 4) is 0 Å². The number of hydrogen-bond donors (Lipinski definition) is 1. The summed E-state index contributed by atoms with van der Waals surface area (Å²) in [4.78, 5) is 0. The molecule has 0 saturated heterocycles. The van der Waals surface area contributed by atoms with Gasteiger partial charge in [-0.05, 0) is 26.3 Å². The Kier molecular flexibility index (Phi) is 22.8. The fourth-order valence-corrected chi connectivity index (χ4v) is 1.10. The highest BCUT2D eigenvalue weighted by molar-refractivity contribution is 5.14. The van der Waals surface area contributed by atoms with Crippen LogP contribution >= 0.6 is 0 Å². The van der Waals surface area contributed by atoms with Crippen LogP contribution in [0.3, 0.4) is 0 Å². The third kappa shape index (κ3) is 16.7. The SMILES string of the molecule is C.C/C=C(\C)CNCc1ccccc1.C=CC.CC. The molecule has 0 radical (unpaired) electrons. The Labute approximate surface area is 121 Å². The second kappa shape index (κ2) is 19.0. The van der Waals surface area contributed by atoms with Gasteiger partial charge in [0.2, 0.25) is 0 Å². The Morgan fingerprint density at radius 1 is 1.16 bits per heavy atom. The highest BCUT2D eigenvalue weighted by Crippen LogP contribution is 1.97. The molecule has 1 rings (SSSR count). The van der Waals surface area contributed by atoms with E-state index in [1.54, 1.807) is 6.08 Å². The molecule has 1 aromatic rings. The molecule has 0 unspecified atom stereocenters. The summed E-state index contributed by atoms with van der Waals surface area (Å²) in [6.45, 7) is 15.4. The van der Waals surface area contributed by atoms with E-state index in [0.29, 0.717) is 0 Å². The summed E-state index contributed by atoms with van der Waals surface area (Å²) in [5.41, 5.74) is 2.72. The lowest BCUT2D eigenvalue weighted by Crippen LogP contribution is -2.15. The Morgan fingerprint density at radius 3 is 2.05 bits per heavy atom. The summed E-state index contributed by atoms with van der Waals surface area (Å²) >= 11 is 0. The molecule has 0 heterocycles. The summed E-state index contributed by atoms with van der Waals surface area (Å²) in [5, 5.41) is 3.38. The van der Waals surface area contributed by atoms with Crippen LogP contribution in [0, 0.1) is 0 Å². The molecule has 19 heavy (non-hydrogen) atoms. The lowest BCUT2D eigenvalue weighted by atomic mass is 10.2. The number of rotatable bonds is 4. The average Bonchev–Trinajstić information content (AvgIpc) is 2.43. The molecule has 1 aromatic carbocycles. The van der Waals surface area contributed by atoms with Crippen molar-refractivity contribution in [2.45, 2.75) is 48.6 Å². The molecule has 0 fully saturated rings. The van der Waals surface area contributed by atoms with Gasteiger partial charge in [0.05, 0.1) is 0 Å². The van der Waals surface area contributed by atoms with Crippen molar-refractivity contribution in [1.29, 1.82) is 0 Å². The van der Waals surface area contributed by atoms with Crippen LogP contribution in [0.4, 0.5) is 0 Å². The third-order valence-corrected chi connectivity index (χ3v) is 2.07. The normalized spacial score (nSPS) is 9.00. The molecule has 0 aliphatic carbocycles. The first kappa shape index (κ1) is 22.8. The van der Waals surface area contributed by atoms with Gasteiger partial charge in [-0.1, -0.05) is 69.3 Å². The lowest BCUT2D eigenvalue weighted by Gasteiger charge is -2.04. The minimum absolute atomic E-state index is 0. The van der Waals surface area contributed by atoms with Crippen molar-refractivity contribution in [3.05, 3.63) is 60.2 Å². The molecule has 110 valence electrons. The summed E-state index contributed by atoms with van der Waals surface area (Å²) in [5.74, 6) is 0. The molecule has 1 heteroatoms. The van der Waals surface area contributed by atoms with Crippen LogP contribution in [-0.4, -0.2) is 6.54 Å². The molecule has 0 aromatic heterocycles. The zero-order valence-corrected chi connectivity index (χ0v) is 12.7. The second-order valence-electron chi connectivity index (χ2n) is 3.63. The third-order valence-electron chi connectivity index (χ3n) is 2.07. The molecule has 0 amide bonds. The van der Waals surface area contributed by atoms with Crippen LogP contribution < -0.4 is 5.32 Å². The van der Waals surface area contributed by atoms with Crippen LogP contribution in [0.2, 0.25) is 0 Å². The smallest absolute Gasteiger partial charge is 0.0208 e.